The first kappa shape index (κ1) is 28.3. The normalized spacial score (nSPS) is 23.0. The van der Waals surface area contributed by atoms with E-state index in [9.17, 15) is 14.7 Å². The van der Waals surface area contributed by atoms with Crippen molar-refractivity contribution in [3.05, 3.63) is 84.0 Å². The molecule has 2 aliphatic heterocycles. The number of carboxylic acid groups (broad SMARTS) is 1. The molecule has 0 saturated carbocycles. The van der Waals surface area contributed by atoms with E-state index in [1.54, 1.807) is 29.1 Å². The van der Waals surface area contributed by atoms with Gasteiger partial charge in [0.25, 0.3) is 0 Å². The number of carbonyl (C=O) groups excluding carboxylic acids is 1. The van der Waals surface area contributed by atoms with Gasteiger partial charge < -0.3 is 29.4 Å². The second-order valence-electron chi connectivity index (χ2n) is 10.1. The largest absolute Gasteiger partial charge is 0.490 e. The molecular weight excluding hydrogens is 556 g/mol. The number of nitrogens with one attached hydrogen (secondary N) is 2. The van der Waals surface area contributed by atoms with Gasteiger partial charge in [0.2, 0.25) is 0 Å². The summed E-state index contributed by atoms with van der Waals surface area (Å²) in [5, 5.41) is 15.0. The number of aromatic nitrogens is 4. The first-order chi connectivity index (χ1) is 20.9. The Bertz CT molecular complexity index is 1660. The number of ether oxygens (including phenoxy) is 4. The molecule has 4 aromatic rings. The van der Waals surface area contributed by atoms with Crippen molar-refractivity contribution in [3.8, 4) is 5.75 Å². The van der Waals surface area contributed by atoms with Crippen LogP contribution in [0.4, 0.5) is 10.6 Å². The van der Waals surface area contributed by atoms with Crippen LogP contribution in [0, 0.1) is 6.92 Å². The molecule has 13 nitrogen and oxygen atoms in total. The fraction of sp³-hybridized carbons (Fsp3) is 0.300. The lowest BCUT2D eigenvalue weighted by Crippen LogP contribution is -2.33. The minimum atomic E-state index is -1.09. The lowest BCUT2D eigenvalue weighted by atomic mass is 10.1. The number of carboxylic acids is 1. The number of hydrogen-bond donors (Lipinski definition) is 3. The fourth-order valence-electron chi connectivity index (χ4n) is 5.11. The fourth-order valence-corrected chi connectivity index (χ4v) is 5.11. The summed E-state index contributed by atoms with van der Waals surface area (Å²) < 4.78 is 26.7. The molecule has 2 aromatic carbocycles. The van der Waals surface area contributed by atoms with Gasteiger partial charge >= 0.3 is 12.0 Å². The lowest BCUT2D eigenvalue weighted by Gasteiger charge is -2.21. The van der Waals surface area contributed by atoms with Gasteiger partial charge in [0.15, 0.2) is 29.5 Å². The van der Waals surface area contributed by atoms with Crippen LogP contribution in [0.5, 0.6) is 5.75 Å². The van der Waals surface area contributed by atoms with Crippen molar-refractivity contribution >= 4 is 35.1 Å². The molecule has 2 aromatic heterocycles. The molecule has 2 fully saturated rings. The SMILES string of the molecule is CCNC(=O)Nc1ncnc2c1ncn2C1OC(COc2ccc(C)cc2C(=O)O)C2O[C@H](C=Cc3ccccc3)OC21. The van der Waals surface area contributed by atoms with E-state index in [0.717, 1.165) is 11.1 Å². The van der Waals surface area contributed by atoms with Crippen LogP contribution in [0.15, 0.2) is 67.3 Å². The molecular formula is C30H30N6O7. The van der Waals surface area contributed by atoms with Gasteiger partial charge in [0, 0.05) is 6.54 Å². The number of amides is 2. The number of rotatable bonds is 9. The first-order valence-electron chi connectivity index (χ1n) is 13.8. The Kier molecular flexibility index (Phi) is 8.01. The minimum absolute atomic E-state index is 0.00506. The molecule has 4 unspecified atom stereocenters. The second kappa shape index (κ2) is 12.2. The Morgan fingerprint density at radius 2 is 1.88 bits per heavy atom. The highest BCUT2D eigenvalue weighted by molar-refractivity contribution is 5.95. The van der Waals surface area contributed by atoms with Gasteiger partial charge in [-0.2, -0.15) is 0 Å². The number of hydrogen-bond acceptors (Lipinski definition) is 9. The Hall–Kier alpha value is -4.85. The van der Waals surface area contributed by atoms with Crippen LogP contribution in [0.3, 0.4) is 0 Å². The van der Waals surface area contributed by atoms with E-state index < -0.39 is 42.8 Å². The summed E-state index contributed by atoms with van der Waals surface area (Å²) in [4.78, 5) is 37.0. The molecule has 13 heteroatoms. The molecule has 2 saturated heterocycles. The van der Waals surface area contributed by atoms with Crippen molar-refractivity contribution < 1.29 is 33.6 Å². The van der Waals surface area contributed by atoms with Crippen molar-refractivity contribution in [2.24, 2.45) is 0 Å². The van der Waals surface area contributed by atoms with Gasteiger partial charge in [-0.3, -0.25) is 9.88 Å². The Labute approximate surface area is 246 Å². The average molecular weight is 587 g/mol. The van der Waals surface area contributed by atoms with E-state index >= 15 is 0 Å². The van der Waals surface area contributed by atoms with Crippen LogP contribution < -0.4 is 15.4 Å². The number of imidazole rings is 1. The third-order valence-electron chi connectivity index (χ3n) is 7.08. The molecule has 0 aliphatic carbocycles. The van der Waals surface area contributed by atoms with E-state index in [1.807, 2.05) is 56.3 Å². The molecule has 2 aliphatic rings. The molecule has 6 rings (SSSR count). The van der Waals surface area contributed by atoms with Gasteiger partial charge in [-0.15, -0.1) is 0 Å². The number of benzene rings is 2. The highest BCUT2D eigenvalue weighted by Crippen LogP contribution is 2.41. The van der Waals surface area contributed by atoms with E-state index in [0.29, 0.717) is 17.7 Å². The van der Waals surface area contributed by atoms with Gasteiger partial charge in [-0.25, -0.2) is 24.5 Å². The standard InChI is InChI=1S/C30H30N6O7/c1-3-31-30(39)35-26-23-27(33-15-32-26)36(16-34-23)28-25-24(42-22(43-25)12-10-18-7-5-4-6-8-18)21(41-28)14-40-20-11-9-17(2)13-19(20)29(37)38/h4-13,15-16,21-22,24-25,28H,3,14H2,1-2H3,(H,37,38)(H2,31,32,33,35,39)/t21?,22-,24?,25?,28?/m0/s1. The van der Waals surface area contributed by atoms with Gasteiger partial charge in [0.05, 0.1) is 6.33 Å². The predicted molar refractivity (Wildman–Crippen MR) is 155 cm³/mol. The van der Waals surface area contributed by atoms with Crippen molar-refractivity contribution in [1.82, 2.24) is 24.8 Å². The zero-order valence-corrected chi connectivity index (χ0v) is 23.4. The number of urea groups is 1. The van der Waals surface area contributed by atoms with Crippen molar-refractivity contribution in [2.45, 2.75) is 44.7 Å². The van der Waals surface area contributed by atoms with E-state index in [4.69, 9.17) is 18.9 Å². The number of fused-ring (bicyclic) bond motifs is 2. The van der Waals surface area contributed by atoms with Crippen LogP contribution >= 0.6 is 0 Å². The quantitative estimate of drug-likeness (QED) is 0.263. The Morgan fingerprint density at radius 3 is 2.67 bits per heavy atom. The summed E-state index contributed by atoms with van der Waals surface area (Å²) in [6.07, 6.45) is 3.47. The van der Waals surface area contributed by atoms with Crippen LogP contribution in [0.2, 0.25) is 0 Å². The number of anilines is 1. The highest BCUT2D eigenvalue weighted by Gasteiger charge is 2.53. The molecule has 4 heterocycles. The molecule has 0 spiro atoms. The van der Waals surface area contributed by atoms with Crippen LogP contribution in [-0.4, -0.2) is 74.4 Å². The second-order valence-corrected chi connectivity index (χ2v) is 10.1. The summed E-state index contributed by atoms with van der Waals surface area (Å²) in [6.45, 7) is 4.08. The van der Waals surface area contributed by atoms with Crippen molar-refractivity contribution in [3.63, 3.8) is 0 Å². The molecule has 5 atom stereocenters. The summed E-state index contributed by atoms with van der Waals surface area (Å²) in [6, 6.07) is 14.3. The van der Waals surface area contributed by atoms with Gasteiger partial charge in [-0.1, -0.05) is 48.0 Å². The topological polar surface area (TPSA) is 159 Å². The molecule has 0 radical (unpaired) electrons. The maximum atomic E-state index is 12.1. The average Bonchev–Trinajstić information content (AvgIpc) is 3.70. The molecule has 2 amide bonds. The van der Waals surface area contributed by atoms with Crippen molar-refractivity contribution in [1.29, 1.82) is 0 Å². The smallest absolute Gasteiger partial charge is 0.339 e. The Balaban J connectivity index is 1.28. The first-order valence-corrected chi connectivity index (χ1v) is 13.8. The zero-order chi connectivity index (χ0) is 29.9. The number of nitrogens with zero attached hydrogens (tertiary/aromatic N) is 4. The third-order valence-corrected chi connectivity index (χ3v) is 7.08. The monoisotopic (exact) mass is 586 g/mol. The predicted octanol–water partition coefficient (Wildman–Crippen LogP) is 3.77. The van der Waals surface area contributed by atoms with Crippen LogP contribution in [0.1, 0.15) is 34.6 Å². The summed E-state index contributed by atoms with van der Waals surface area (Å²) in [7, 11) is 0. The summed E-state index contributed by atoms with van der Waals surface area (Å²) in [5.41, 5.74) is 2.65. The molecule has 3 N–H and O–H groups in total. The maximum Gasteiger partial charge on any atom is 0.339 e. The van der Waals surface area contributed by atoms with Crippen LogP contribution in [-0.2, 0) is 14.2 Å². The highest BCUT2D eigenvalue weighted by atomic mass is 16.8. The minimum Gasteiger partial charge on any atom is -0.490 e. The number of aryl methyl sites for hydroxylation is 1. The number of aromatic carboxylic acids is 1. The maximum absolute atomic E-state index is 12.1. The van der Waals surface area contributed by atoms with E-state index in [-0.39, 0.29) is 23.7 Å². The zero-order valence-electron chi connectivity index (χ0n) is 23.4. The lowest BCUT2D eigenvalue weighted by molar-refractivity contribution is -0.131. The summed E-state index contributed by atoms with van der Waals surface area (Å²) >= 11 is 0. The van der Waals surface area contributed by atoms with Crippen molar-refractivity contribution in [2.75, 3.05) is 18.5 Å². The van der Waals surface area contributed by atoms with E-state index in [1.165, 1.54) is 6.33 Å². The Morgan fingerprint density at radius 1 is 1.07 bits per heavy atom. The van der Waals surface area contributed by atoms with E-state index in [2.05, 4.69) is 25.6 Å². The molecule has 43 heavy (non-hydrogen) atoms. The molecule has 222 valence electrons. The third kappa shape index (κ3) is 5.91. The number of carbonyl (C=O) groups is 2. The molecule has 0 bridgehead atoms. The van der Waals surface area contributed by atoms with Crippen LogP contribution in [0.25, 0.3) is 17.2 Å². The van der Waals surface area contributed by atoms with Gasteiger partial charge in [-0.05, 0) is 37.6 Å². The van der Waals surface area contributed by atoms with Gasteiger partial charge in [0.1, 0.15) is 42.6 Å². The summed E-state index contributed by atoms with van der Waals surface area (Å²) in [5.74, 6) is -0.616.